The number of fused-ring (bicyclic) bond motifs is 4. The molecule has 33 heavy (non-hydrogen) atoms. The number of carboxylic acids is 1. The number of hydrogen-bond acceptors (Lipinski definition) is 6. The van der Waals surface area contributed by atoms with E-state index in [2.05, 4.69) is 38.4 Å². The average molecular weight is 461 g/mol. The first-order chi connectivity index (χ1) is 15.6. The summed E-state index contributed by atoms with van der Waals surface area (Å²) in [5.74, 6) is 0.568. The Balaban J connectivity index is 0.00000259. The van der Waals surface area contributed by atoms with Gasteiger partial charge in [0, 0.05) is 37.1 Å². The molecule has 7 nitrogen and oxygen atoms in total. The van der Waals surface area contributed by atoms with E-state index in [-0.39, 0.29) is 41.6 Å². The van der Waals surface area contributed by atoms with E-state index in [1.807, 2.05) is 12.1 Å². The second-order valence-electron chi connectivity index (χ2n) is 9.29. The Kier molecular flexibility index (Phi) is 7.97. The van der Waals surface area contributed by atoms with Gasteiger partial charge in [-0.3, -0.25) is 4.99 Å². The molecule has 0 radical (unpaired) electrons. The number of aliphatic imine (C=N–C) groups is 1. The molecule has 3 atom stereocenters. The molecule has 8 heteroatoms. The summed E-state index contributed by atoms with van der Waals surface area (Å²) in [6.07, 6.45) is 8.69. The van der Waals surface area contributed by atoms with Crippen LogP contribution in [0, 0.1) is 11.8 Å². The van der Waals surface area contributed by atoms with E-state index in [0.717, 1.165) is 42.3 Å². The van der Waals surface area contributed by atoms with Crippen LogP contribution in [0.1, 0.15) is 24.8 Å². The van der Waals surface area contributed by atoms with E-state index in [9.17, 15) is 9.90 Å². The topological polar surface area (TPSA) is 77.4 Å². The van der Waals surface area contributed by atoms with Gasteiger partial charge in [-0.25, -0.2) is 4.79 Å². The van der Waals surface area contributed by atoms with E-state index < -0.39 is 5.97 Å². The third-order valence-electron chi connectivity index (χ3n) is 7.44. The number of dihydropyridines is 1. The fraction of sp³-hybridized carbons (Fsp3) is 0.520. The third kappa shape index (κ3) is 5.23. The molecular weight excluding hydrogens is 427 g/mol. The van der Waals surface area contributed by atoms with Gasteiger partial charge in [-0.15, -0.1) is 0 Å². The van der Waals surface area contributed by atoms with E-state index in [1.54, 1.807) is 19.4 Å². The number of allylic oxidation sites excluding steroid dienone is 1. The first kappa shape index (κ1) is 24.5. The molecule has 5 aliphatic rings. The van der Waals surface area contributed by atoms with Crippen LogP contribution in [0.25, 0.3) is 0 Å². The monoisotopic (exact) mass is 460 g/mol. The number of nitrogens with one attached hydrogen (secondary N) is 1. The van der Waals surface area contributed by atoms with E-state index in [1.165, 1.54) is 25.9 Å². The Bertz CT molecular complexity index is 937. The molecule has 172 valence electrons. The molecule has 0 spiro atoms. The molecular formula is C25H33N4NaO3. The first-order valence-corrected chi connectivity index (χ1v) is 11.6. The van der Waals surface area contributed by atoms with Crippen molar-refractivity contribution in [3.05, 3.63) is 53.3 Å². The molecule has 1 aromatic carbocycles. The Labute approximate surface area is 217 Å². The number of nitrogens with zero attached hydrogens (tertiary/aromatic N) is 3. The minimum atomic E-state index is -0.853. The van der Waals surface area contributed by atoms with Crippen LogP contribution in [-0.4, -0.2) is 102 Å². The second kappa shape index (κ2) is 10.7. The maximum atomic E-state index is 12.0. The van der Waals surface area contributed by atoms with Gasteiger partial charge in [0.05, 0.1) is 13.0 Å². The molecule has 0 aliphatic carbocycles. The van der Waals surface area contributed by atoms with Crippen molar-refractivity contribution < 1.29 is 14.6 Å². The van der Waals surface area contributed by atoms with E-state index in [4.69, 9.17) is 4.74 Å². The summed E-state index contributed by atoms with van der Waals surface area (Å²) < 4.78 is 5.26. The number of piperidine rings is 3. The molecule has 2 bridgehead atoms. The van der Waals surface area contributed by atoms with Crippen LogP contribution < -0.4 is 10.1 Å². The first-order valence-electron chi connectivity index (χ1n) is 11.6. The van der Waals surface area contributed by atoms with Gasteiger partial charge in [-0.05, 0) is 74.2 Å². The fourth-order valence-electron chi connectivity index (χ4n) is 5.70. The van der Waals surface area contributed by atoms with Crippen molar-refractivity contribution >= 4 is 41.7 Å². The summed E-state index contributed by atoms with van der Waals surface area (Å²) in [6, 6.07) is 8.57. The zero-order chi connectivity index (χ0) is 22.1. The summed E-state index contributed by atoms with van der Waals surface area (Å²) >= 11 is 0. The van der Waals surface area contributed by atoms with Crippen LogP contribution >= 0.6 is 0 Å². The fourth-order valence-corrected chi connectivity index (χ4v) is 5.70. The van der Waals surface area contributed by atoms with Crippen molar-refractivity contribution in [3.63, 3.8) is 0 Å². The van der Waals surface area contributed by atoms with Crippen molar-refractivity contribution in [1.82, 2.24) is 15.1 Å². The normalized spacial score (nSPS) is 29.7. The Morgan fingerprint density at radius 1 is 1.24 bits per heavy atom. The second-order valence-corrected chi connectivity index (χ2v) is 9.29. The Morgan fingerprint density at radius 2 is 2.00 bits per heavy atom. The quantitative estimate of drug-likeness (QED) is 0.577. The predicted octanol–water partition coefficient (Wildman–Crippen LogP) is 1.86. The van der Waals surface area contributed by atoms with Gasteiger partial charge in [-0.2, -0.15) is 0 Å². The SMILES string of the molecule is COc1ccc(CN2C=C(CCNC3CN4CCC3CC4)C3C(C(=O)O)=CC=NC32)cc1.[NaH]. The van der Waals surface area contributed by atoms with Crippen molar-refractivity contribution in [3.8, 4) is 5.75 Å². The van der Waals surface area contributed by atoms with Gasteiger partial charge in [-0.1, -0.05) is 12.1 Å². The van der Waals surface area contributed by atoms with Gasteiger partial charge in [0.1, 0.15) is 11.9 Å². The summed E-state index contributed by atoms with van der Waals surface area (Å²) in [5.41, 5.74) is 2.74. The predicted molar refractivity (Wildman–Crippen MR) is 131 cm³/mol. The van der Waals surface area contributed by atoms with Gasteiger partial charge in [0.25, 0.3) is 0 Å². The molecule has 5 aliphatic heterocycles. The zero-order valence-corrected chi connectivity index (χ0v) is 18.6. The zero-order valence-electron chi connectivity index (χ0n) is 18.6. The Hall–Kier alpha value is -1.64. The van der Waals surface area contributed by atoms with Crippen LogP contribution in [0.4, 0.5) is 0 Å². The molecule has 3 fully saturated rings. The molecule has 5 heterocycles. The molecule has 3 saturated heterocycles. The van der Waals surface area contributed by atoms with Crippen molar-refractivity contribution in [2.24, 2.45) is 16.8 Å². The number of carboxylic acid groups (broad SMARTS) is 1. The number of carbonyl (C=O) groups is 1. The molecule has 6 rings (SSSR count). The summed E-state index contributed by atoms with van der Waals surface area (Å²) in [7, 11) is 1.66. The number of aliphatic carboxylic acids is 1. The minimum absolute atomic E-state index is 0. The number of hydrogen-bond donors (Lipinski definition) is 2. The summed E-state index contributed by atoms with van der Waals surface area (Å²) in [5, 5.41) is 13.6. The number of ether oxygens (including phenoxy) is 1. The Morgan fingerprint density at radius 3 is 2.64 bits per heavy atom. The molecule has 3 unspecified atom stereocenters. The van der Waals surface area contributed by atoms with Gasteiger partial charge >= 0.3 is 35.5 Å². The van der Waals surface area contributed by atoms with Crippen LogP contribution in [-0.2, 0) is 11.3 Å². The number of benzene rings is 1. The van der Waals surface area contributed by atoms with Gasteiger partial charge in [0.2, 0.25) is 0 Å². The maximum absolute atomic E-state index is 12.0. The van der Waals surface area contributed by atoms with Crippen LogP contribution in [0.3, 0.4) is 0 Å². The third-order valence-corrected chi connectivity index (χ3v) is 7.44. The van der Waals surface area contributed by atoms with E-state index >= 15 is 0 Å². The number of rotatable bonds is 8. The average Bonchev–Trinajstić information content (AvgIpc) is 3.17. The van der Waals surface area contributed by atoms with E-state index in [0.29, 0.717) is 18.2 Å². The van der Waals surface area contributed by atoms with Crippen LogP contribution in [0.5, 0.6) is 5.75 Å². The molecule has 0 aromatic heterocycles. The van der Waals surface area contributed by atoms with Gasteiger partial charge in [0.15, 0.2) is 0 Å². The van der Waals surface area contributed by atoms with Crippen molar-refractivity contribution in [2.45, 2.75) is 38.0 Å². The van der Waals surface area contributed by atoms with Crippen LogP contribution in [0.2, 0.25) is 0 Å². The standard InChI is InChI=1S/C25H32N4O3.Na.H/c1-32-20-4-2-17(3-5-20)14-29-15-19(23-21(25(30)31)7-11-27-24(23)29)6-10-26-22-16-28-12-8-18(22)9-13-28;;/h2-5,7,11,15,18,22-24,26H,6,8-10,12-14,16H2,1H3,(H,30,31);;. The van der Waals surface area contributed by atoms with Crippen molar-refractivity contribution in [2.75, 3.05) is 33.3 Å². The summed E-state index contributed by atoms with van der Waals surface area (Å²) in [6.45, 7) is 5.18. The number of methoxy groups -OCH3 is 1. The summed E-state index contributed by atoms with van der Waals surface area (Å²) in [4.78, 5) is 21.4. The molecule has 1 aromatic rings. The molecule has 2 N–H and O–H groups in total. The van der Waals surface area contributed by atoms with Crippen molar-refractivity contribution in [1.29, 1.82) is 0 Å². The van der Waals surface area contributed by atoms with Crippen LogP contribution in [0.15, 0.2) is 52.7 Å². The van der Waals surface area contributed by atoms with Gasteiger partial charge < -0.3 is 25.0 Å². The molecule has 0 amide bonds. The molecule has 0 saturated carbocycles.